The Morgan fingerprint density at radius 3 is 2.56 bits per heavy atom. The molecule has 1 unspecified atom stereocenters. The Morgan fingerprint density at radius 1 is 1.08 bits per heavy atom. The molecule has 1 atom stereocenters. The molecular weight excluding hydrogens is 378 g/mol. The molecule has 4 heteroatoms. The zero-order chi connectivity index (χ0) is 18.2. The number of aryl methyl sites for hydroxylation is 1. The Hall–Kier alpha value is -1.52. The predicted molar refractivity (Wildman–Crippen MR) is 107 cm³/mol. The molecule has 0 radical (unpaired) electrons. The summed E-state index contributed by atoms with van der Waals surface area (Å²) in [6, 6.07) is 13.0. The van der Waals surface area contributed by atoms with Gasteiger partial charge in [-0.3, -0.25) is 0 Å². The van der Waals surface area contributed by atoms with Crippen LogP contribution in [0.2, 0.25) is 0 Å². The van der Waals surface area contributed by atoms with Gasteiger partial charge in [0.25, 0.3) is 0 Å². The lowest BCUT2D eigenvalue weighted by Gasteiger charge is -2.17. The molecule has 0 heterocycles. The summed E-state index contributed by atoms with van der Waals surface area (Å²) in [5, 5.41) is 3.51. The van der Waals surface area contributed by atoms with E-state index in [4.69, 9.17) is 9.47 Å². The highest BCUT2D eigenvalue weighted by atomic mass is 79.9. The van der Waals surface area contributed by atoms with E-state index in [-0.39, 0.29) is 0 Å². The van der Waals surface area contributed by atoms with E-state index in [1.807, 2.05) is 6.92 Å². The van der Waals surface area contributed by atoms with E-state index in [0.29, 0.717) is 19.3 Å². The summed E-state index contributed by atoms with van der Waals surface area (Å²) < 4.78 is 12.8. The summed E-state index contributed by atoms with van der Waals surface area (Å²) in [4.78, 5) is 0. The quantitative estimate of drug-likeness (QED) is 0.586. The average Bonchev–Trinajstić information content (AvgIpc) is 2.59. The van der Waals surface area contributed by atoms with E-state index in [9.17, 15) is 0 Å². The molecule has 0 fully saturated rings. The molecule has 0 amide bonds. The Balaban J connectivity index is 2.15. The smallest absolute Gasteiger partial charge is 0.175 e. The van der Waals surface area contributed by atoms with E-state index >= 15 is 0 Å². The first-order chi connectivity index (χ1) is 12.0. The standard InChI is InChI=1S/C21H28BrNO2/c1-5-16(4)23-13-18-11-19(22)21(20(12-18)24-6-2)25-14-17-9-7-8-15(3)10-17/h7-12,16,23H,5-6,13-14H2,1-4H3. The van der Waals surface area contributed by atoms with E-state index in [1.165, 1.54) is 11.1 Å². The molecule has 2 rings (SSSR count). The van der Waals surface area contributed by atoms with Gasteiger partial charge in [-0.2, -0.15) is 0 Å². The Labute approximate surface area is 159 Å². The van der Waals surface area contributed by atoms with E-state index < -0.39 is 0 Å². The van der Waals surface area contributed by atoms with Crippen molar-refractivity contribution in [1.29, 1.82) is 0 Å². The van der Waals surface area contributed by atoms with Crippen molar-refractivity contribution in [2.24, 2.45) is 0 Å². The zero-order valence-electron chi connectivity index (χ0n) is 15.6. The molecule has 0 saturated carbocycles. The van der Waals surface area contributed by atoms with Gasteiger partial charge in [0.1, 0.15) is 6.61 Å². The minimum Gasteiger partial charge on any atom is -0.490 e. The van der Waals surface area contributed by atoms with Crippen LogP contribution >= 0.6 is 15.9 Å². The summed E-state index contributed by atoms with van der Waals surface area (Å²) in [5.41, 5.74) is 3.56. The average molecular weight is 406 g/mol. The third kappa shape index (κ3) is 6.05. The van der Waals surface area contributed by atoms with E-state index in [1.54, 1.807) is 0 Å². The fraction of sp³-hybridized carbons (Fsp3) is 0.429. The van der Waals surface area contributed by atoms with Crippen LogP contribution in [0.15, 0.2) is 40.9 Å². The van der Waals surface area contributed by atoms with Crippen LogP contribution in [-0.2, 0) is 13.2 Å². The van der Waals surface area contributed by atoms with Crippen LogP contribution in [-0.4, -0.2) is 12.6 Å². The lowest BCUT2D eigenvalue weighted by Crippen LogP contribution is -2.24. The number of benzene rings is 2. The van der Waals surface area contributed by atoms with Crippen molar-refractivity contribution < 1.29 is 9.47 Å². The second kappa shape index (κ2) is 9.83. The maximum atomic E-state index is 6.07. The van der Waals surface area contributed by atoms with Crippen LogP contribution in [0.3, 0.4) is 0 Å². The second-order valence-electron chi connectivity index (χ2n) is 6.31. The molecule has 0 aliphatic heterocycles. The summed E-state index contributed by atoms with van der Waals surface area (Å²) in [6.07, 6.45) is 1.11. The lowest BCUT2D eigenvalue weighted by atomic mass is 10.1. The Kier molecular flexibility index (Phi) is 7.79. The van der Waals surface area contributed by atoms with Crippen molar-refractivity contribution in [3.63, 3.8) is 0 Å². The minimum absolute atomic E-state index is 0.492. The van der Waals surface area contributed by atoms with Crippen molar-refractivity contribution >= 4 is 15.9 Å². The summed E-state index contributed by atoms with van der Waals surface area (Å²) in [7, 11) is 0. The predicted octanol–water partition coefficient (Wildman–Crippen LogP) is 5.62. The molecule has 3 nitrogen and oxygen atoms in total. The molecule has 2 aromatic rings. The number of rotatable bonds is 9. The molecule has 1 N–H and O–H groups in total. The number of hydrogen-bond acceptors (Lipinski definition) is 3. The molecule has 0 aliphatic rings. The molecule has 0 bridgehead atoms. The third-order valence-corrected chi connectivity index (χ3v) is 4.69. The monoisotopic (exact) mass is 405 g/mol. The maximum Gasteiger partial charge on any atom is 0.175 e. The van der Waals surface area contributed by atoms with Crippen molar-refractivity contribution in [3.8, 4) is 11.5 Å². The Bertz CT molecular complexity index is 688. The van der Waals surface area contributed by atoms with Gasteiger partial charge in [0, 0.05) is 12.6 Å². The van der Waals surface area contributed by atoms with Crippen LogP contribution in [0.1, 0.15) is 43.9 Å². The van der Waals surface area contributed by atoms with Gasteiger partial charge >= 0.3 is 0 Å². The molecule has 0 aromatic heterocycles. The molecule has 0 saturated heterocycles. The van der Waals surface area contributed by atoms with Crippen molar-refractivity contribution in [2.45, 2.75) is 53.3 Å². The van der Waals surface area contributed by atoms with Crippen molar-refractivity contribution in [1.82, 2.24) is 5.32 Å². The molecule has 0 spiro atoms. The summed E-state index contributed by atoms with van der Waals surface area (Å²) in [6.45, 7) is 10.4. The number of nitrogens with one attached hydrogen (secondary N) is 1. The van der Waals surface area contributed by atoms with Gasteiger partial charge in [-0.25, -0.2) is 0 Å². The summed E-state index contributed by atoms with van der Waals surface area (Å²) >= 11 is 3.65. The van der Waals surface area contributed by atoms with Gasteiger partial charge in [0.2, 0.25) is 0 Å². The van der Waals surface area contributed by atoms with Crippen molar-refractivity contribution in [2.75, 3.05) is 6.61 Å². The number of ether oxygens (including phenoxy) is 2. The molecular formula is C21H28BrNO2. The van der Waals surface area contributed by atoms with Gasteiger partial charge in [0.05, 0.1) is 11.1 Å². The number of halogens is 1. The first-order valence-electron chi connectivity index (χ1n) is 8.90. The van der Waals surface area contributed by atoms with Gasteiger partial charge in [0.15, 0.2) is 11.5 Å². The van der Waals surface area contributed by atoms with Crippen molar-refractivity contribution in [3.05, 3.63) is 57.6 Å². The van der Waals surface area contributed by atoms with Crippen LogP contribution < -0.4 is 14.8 Å². The van der Waals surface area contributed by atoms with Gasteiger partial charge in [-0.15, -0.1) is 0 Å². The molecule has 0 aliphatic carbocycles. The second-order valence-corrected chi connectivity index (χ2v) is 7.16. The topological polar surface area (TPSA) is 30.5 Å². The highest BCUT2D eigenvalue weighted by Crippen LogP contribution is 2.37. The highest BCUT2D eigenvalue weighted by molar-refractivity contribution is 9.10. The highest BCUT2D eigenvalue weighted by Gasteiger charge is 2.13. The van der Waals surface area contributed by atoms with Crippen LogP contribution in [0.25, 0.3) is 0 Å². The van der Waals surface area contributed by atoms with E-state index in [0.717, 1.165) is 34.5 Å². The zero-order valence-corrected chi connectivity index (χ0v) is 17.2. The molecule has 25 heavy (non-hydrogen) atoms. The lowest BCUT2D eigenvalue weighted by molar-refractivity contribution is 0.267. The largest absolute Gasteiger partial charge is 0.490 e. The molecule has 136 valence electrons. The van der Waals surface area contributed by atoms with Gasteiger partial charge < -0.3 is 14.8 Å². The SMILES string of the molecule is CCOc1cc(CNC(C)CC)cc(Br)c1OCc1cccc(C)c1. The first-order valence-corrected chi connectivity index (χ1v) is 9.69. The van der Waals surface area contributed by atoms with Crippen LogP contribution in [0.5, 0.6) is 11.5 Å². The van der Waals surface area contributed by atoms with Gasteiger partial charge in [-0.05, 0) is 66.4 Å². The Morgan fingerprint density at radius 2 is 1.88 bits per heavy atom. The summed E-state index contributed by atoms with van der Waals surface area (Å²) in [5.74, 6) is 1.54. The first kappa shape index (κ1) is 19.8. The minimum atomic E-state index is 0.492. The fourth-order valence-electron chi connectivity index (χ4n) is 2.52. The van der Waals surface area contributed by atoms with Gasteiger partial charge in [-0.1, -0.05) is 36.8 Å². The normalized spacial score (nSPS) is 12.0. The third-order valence-electron chi connectivity index (χ3n) is 4.10. The number of hydrogen-bond donors (Lipinski definition) is 1. The fourth-order valence-corrected chi connectivity index (χ4v) is 3.12. The maximum absolute atomic E-state index is 6.07. The van der Waals surface area contributed by atoms with Crippen LogP contribution in [0.4, 0.5) is 0 Å². The van der Waals surface area contributed by atoms with E-state index in [2.05, 4.69) is 78.4 Å². The van der Waals surface area contributed by atoms with Crippen LogP contribution in [0, 0.1) is 6.92 Å². The molecule has 2 aromatic carbocycles.